The van der Waals surface area contributed by atoms with Gasteiger partial charge in [0.1, 0.15) is 0 Å². The van der Waals surface area contributed by atoms with Crippen LogP contribution < -0.4 is 10.6 Å². The fraction of sp³-hybridized carbons (Fsp3) is 0.562. The quantitative estimate of drug-likeness (QED) is 0.825. The van der Waals surface area contributed by atoms with Gasteiger partial charge in [0.25, 0.3) is 0 Å². The number of nitrogen functional groups attached to an aromatic ring is 1. The highest BCUT2D eigenvalue weighted by Gasteiger charge is 2.34. The summed E-state index contributed by atoms with van der Waals surface area (Å²) in [6.07, 6.45) is 8.00. The van der Waals surface area contributed by atoms with E-state index in [1.807, 2.05) is 12.1 Å². The minimum absolute atomic E-state index is 0.638. The summed E-state index contributed by atoms with van der Waals surface area (Å²) in [5, 5.41) is 9.06. The van der Waals surface area contributed by atoms with Crippen LogP contribution in [0.2, 0.25) is 0 Å². The lowest BCUT2D eigenvalue weighted by molar-refractivity contribution is 0.431. The van der Waals surface area contributed by atoms with Crippen LogP contribution in [-0.2, 0) is 0 Å². The number of nitrogens with zero attached hydrogens (tertiary/aromatic N) is 2. The lowest BCUT2D eigenvalue weighted by Gasteiger charge is -2.32. The van der Waals surface area contributed by atoms with E-state index in [0.717, 1.165) is 23.8 Å². The topological polar surface area (TPSA) is 53.1 Å². The first-order chi connectivity index (χ1) is 9.29. The van der Waals surface area contributed by atoms with Gasteiger partial charge in [-0.15, -0.1) is 0 Å². The first-order valence-corrected chi connectivity index (χ1v) is 7.36. The third-order valence-corrected chi connectivity index (χ3v) is 4.71. The van der Waals surface area contributed by atoms with E-state index >= 15 is 0 Å². The number of hydrogen-bond acceptors (Lipinski definition) is 3. The van der Waals surface area contributed by atoms with Crippen molar-refractivity contribution < 1.29 is 0 Å². The Morgan fingerprint density at radius 2 is 1.95 bits per heavy atom. The molecule has 2 N–H and O–H groups in total. The number of nitriles is 1. The van der Waals surface area contributed by atoms with Gasteiger partial charge in [-0.05, 0) is 49.8 Å². The number of rotatable bonds is 2. The molecule has 0 amide bonds. The molecular weight excluding hydrogens is 234 g/mol. The highest BCUT2D eigenvalue weighted by atomic mass is 15.2. The summed E-state index contributed by atoms with van der Waals surface area (Å²) >= 11 is 0. The van der Waals surface area contributed by atoms with E-state index in [2.05, 4.69) is 11.0 Å². The van der Waals surface area contributed by atoms with E-state index < -0.39 is 0 Å². The average Bonchev–Trinajstić information content (AvgIpc) is 3.09. The van der Waals surface area contributed by atoms with Crippen LogP contribution in [0, 0.1) is 17.2 Å². The molecule has 0 radical (unpaired) electrons. The summed E-state index contributed by atoms with van der Waals surface area (Å²) in [4.78, 5) is 2.46. The first kappa shape index (κ1) is 12.3. The molecule has 3 heteroatoms. The van der Waals surface area contributed by atoms with E-state index in [1.165, 1.54) is 38.5 Å². The van der Waals surface area contributed by atoms with Crippen LogP contribution >= 0.6 is 0 Å². The molecule has 3 rings (SSSR count). The molecule has 0 spiro atoms. The second-order valence-corrected chi connectivity index (χ2v) is 5.83. The molecule has 0 bridgehead atoms. The molecule has 1 atom stereocenters. The summed E-state index contributed by atoms with van der Waals surface area (Å²) in [6, 6.07) is 8.50. The molecule has 2 aliphatic rings. The van der Waals surface area contributed by atoms with E-state index in [-0.39, 0.29) is 0 Å². The predicted octanol–water partition coefficient (Wildman–Crippen LogP) is 3.30. The third kappa shape index (κ3) is 2.28. The van der Waals surface area contributed by atoms with Crippen molar-refractivity contribution in [1.82, 2.24) is 0 Å². The molecule has 1 saturated heterocycles. The zero-order valence-corrected chi connectivity index (χ0v) is 11.3. The van der Waals surface area contributed by atoms with Gasteiger partial charge >= 0.3 is 0 Å². The van der Waals surface area contributed by atoms with Crippen LogP contribution in [0.1, 0.15) is 44.1 Å². The Kier molecular flexibility index (Phi) is 3.33. The maximum atomic E-state index is 9.06. The Morgan fingerprint density at radius 3 is 2.68 bits per heavy atom. The molecule has 1 aromatic rings. The second kappa shape index (κ2) is 5.13. The van der Waals surface area contributed by atoms with Crippen LogP contribution in [-0.4, -0.2) is 12.6 Å². The van der Waals surface area contributed by atoms with E-state index in [1.54, 1.807) is 6.07 Å². The monoisotopic (exact) mass is 255 g/mol. The lowest BCUT2D eigenvalue weighted by Crippen LogP contribution is -2.35. The van der Waals surface area contributed by atoms with Crippen molar-refractivity contribution >= 4 is 11.4 Å². The molecule has 1 aromatic carbocycles. The van der Waals surface area contributed by atoms with Gasteiger partial charge in [0.2, 0.25) is 0 Å². The fourth-order valence-corrected chi connectivity index (χ4v) is 3.79. The second-order valence-electron chi connectivity index (χ2n) is 5.83. The smallest absolute Gasteiger partial charge is 0.0992 e. The SMILES string of the molecule is N#Cc1ccc(N)c(N2CCCC2C2CCCC2)c1. The predicted molar refractivity (Wildman–Crippen MR) is 77.9 cm³/mol. The Morgan fingerprint density at radius 1 is 1.16 bits per heavy atom. The molecule has 100 valence electrons. The first-order valence-electron chi connectivity index (χ1n) is 7.36. The molecular formula is C16H21N3. The van der Waals surface area contributed by atoms with Gasteiger partial charge in [-0.1, -0.05) is 12.8 Å². The van der Waals surface area contributed by atoms with Crippen molar-refractivity contribution in [2.75, 3.05) is 17.2 Å². The molecule has 1 saturated carbocycles. The Balaban J connectivity index is 1.89. The highest BCUT2D eigenvalue weighted by molar-refractivity contribution is 5.70. The minimum atomic E-state index is 0.638. The van der Waals surface area contributed by atoms with Crippen molar-refractivity contribution in [3.8, 4) is 6.07 Å². The zero-order valence-electron chi connectivity index (χ0n) is 11.3. The molecule has 1 heterocycles. The van der Waals surface area contributed by atoms with Gasteiger partial charge in [-0.3, -0.25) is 0 Å². The minimum Gasteiger partial charge on any atom is -0.397 e. The molecule has 0 aromatic heterocycles. The van der Waals surface area contributed by atoms with E-state index in [4.69, 9.17) is 11.0 Å². The van der Waals surface area contributed by atoms with Crippen LogP contribution in [0.4, 0.5) is 11.4 Å². The molecule has 19 heavy (non-hydrogen) atoms. The van der Waals surface area contributed by atoms with Crippen molar-refractivity contribution in [3.05, 3.63) is 23.8 Å². The average molecular weight is 255 g/mol. The Bertz CT molecular complexity index is 497. The van der Waals surface area contributed by atoms with Gasteiger partial charge in [-0.25, -0.2) is 0 Å². The van der Waals surface area contributed by atoms with Gasteiger partial charge < -0.3 is 10.6 Å². The van der Waals surface area contributed by atoms with Crippen molar-refractivity contribution in [2.24, 2.45) is 5.92 Å². The summed E-state index contributed by atoms with van der Waals surface area (Å²) < 4.78 is 0. The number of hydrogen-bond donors (Lipinski definition) is 1. The van der Waals surface area contributed by atoms with Crippen molar-refractivity contribution in [1.29, 1.82) is 5.26 Å². The van der Waals surface area contributed by atoms with Gasteiger partial charge in [0.15, 0.2) is 0 Å². The molecule has 1 unspecified atom stereocenters. The molecule has 1 aliphatic heterocycles. The van der Waals surface area contributed by atoms with Crippen LogP contribution in [0.15, 0.2) is 18.2 Å². The molecule has 2 fully saturated rings. The fourth-order valence-electron chi connectivity index (χ4n) is 3.79. The van der Waals surface area contributed by atoms with Gasteiger partial charge in [0.05, 0.1) is 23.0 Å². The summed E-state index contributed by atoms with van der Waals surface area (Å²) in [5.74, 6) is 0.827. The van der Waals surface area contributed by atoms with Gasteiger partial charge in [0, 0.05) is 12.6 Å². The zero-order chi connectivity index (χ0) is 13.2. The van der Waals surface area contributed by atoms with Crippen molar-refractivity contribution in [3.63, 3.8) is 0 Å². The largest absolute Gasteiger partial charge is 0.397 e. The summed E-state index contributed by atoms with van der Waals surface area (Å²) in [7, 11) is 0. The summed E-state index contributed by atoms with van der Waals surface area (Å²) in [5.41, 5.74) is 8.73. The number of nitrogens with two attached hydrogens (primary N) is 1. The maximum Gasteiger partial charge on any atom is 0.0992 e. The standard InChI is InChI=1S/C16H21N3/c17-11-12-7-8-14(18)16(10-12)19-9-3-6-15(19)13-4-1-2-5-13/h7-8,10,13,15H,1-6,9,18H2. The van der Waals surface area contributed by atoms with Crippen LogP contribution in [0.5, 0.6) is 0 Å². The van der Waals surface area contributed by atoms with E-state index in [0.29, 0.717) is 11.6 Å². The molecule has 1 aliphatic carbocycles. The Labute approximate surface area is 115 Å². The highest BCUT2D eigenvalue weighted by Crippen LogP contribution is 2.39. The lowest BCUT2D eigenvalue weighted by atomic mass is 9.95. The van der Waals surface area contributed by atoms with Gasteiger partial charge in [-0.2, -0.15) is 5.26 Å². The van der Waals surface area contributed by atoms with Crippen LogP contribution in [0.25, 0.3) is 0 Å². The molecule has 3 nitrogen and oxygen atoms in total. The van der Waals surface area contributed by atoms with Crippen molar-refractivity contribution in [2.45, 2.75) is 44.6 Å². The summed E-state index contributed by atoms with van der Waals surface area (Å²) in [6.45, 7) is 1.08. The van der Waals surface area contributed by atoms with Crippen LogP contribution in [0.3, 0.4) is 0 Å². The normalized spacial score (nSPS) is 23.7. The maximum absolute atomic E-state index is 9.06. The number of anilines is 2. The third-order valence-electron chi connectivity index (χ3n) is 4.71. The number of benzene rings is 1. The Hall–Kier alpha value is -1.69. The van der Waals surface area contributed by atoms with E-state index in [9.17, 15) is 0 Å².